The van der Waals surface area contributed by atoms with Crippen molar-refractivity contribution >= 4 is 11.9 Å². The van der Waals surface area contributed by atoms with Gasteiger partial charge in [0, 0.05) is 39.5 Å². The molecule has 1 unspecified atom stereocenters. The Balaban J connectivity index is 1.51. The number of likely N-dealkylation sites (N-methyl/N-ethyl adjacent to an activating group) is 1. The Morgan fingerprint density at radius 1 is 1.15 bits per heavy atom. The molecule has 0 bridgehead atoms. The molecule has 1 heterocycles. The van der Waals surface area contributed by atoms with E-state index in [1.54, 1.807) is 19.0 Å². The molecular weight excluding hydrogens is 332 g/mol. The van der Waals surface area contributed by atoms with E-state index in [0.717, 1.165) is 25.7 Å². The molecule has 0 aromatic rings. The SMILES string of the molecule is CN(C)C(=O)CN=C(NCC1COC2(CCCCC2)O1)NC1CCCC1. The van der Waals surface area contributed by atoms with E-state index in [-0.39, 0.29) is 24.3 Å². The van der Waals surface area contributed by atoms with E-state index in [0.29, 0.717) is 25.2 Å². The number of amides is 1. The molecule has 1 amide bonds. The van der Waals surface area contributed by atoms with Gasteiger partial charge in [0.15, 0.2) is 11.7 Å². The average Bonchev–Trinajstić information content (AvgIpc) is 3.28. The molecule has 1 atom stereocenters. The minimum absolute atomic E-state index is 0.000805. The largest absolute Gasteiger partial charge is 0.354 e. The van der Waals surface area contributed by atoms with Crippen LogP contribution in [0.5, 0.6) is 0 Å². The standard InChI is InChI=1S/C19H34N4O3/c1-23(2)17(24)13-21-18(22-15-8-4-5-9-15)20-12-16-14-25-19(26-16)10-6-3-7-11-19/h15-16H,3-14H2,1-2H3,(H2,20,21,22). The summed E-state index contributed by atoms with van der Waals surface area (Å²) >= 11 is 0. The normalized spacial score (nSPS) is 26.2. The van der Waals surface area contributed by atoms with Crippen LogP contribution in [0.1, 0.15) is 57.8 Å². The Morgan fingerprint density at radius 2 is 1.88 bits per heavy atom. The summed E-state index contributed by atoms with van der Waals surface area (Å²) in [6.07, 6.45) is 10.5. The van der Waals surface area contributed by atoms with Crippen LogP contribution in [0.15, 0.2) is 4.99 Å². The first kappa shape index (κ1) is 19.4. The van der Waals surface area contributed by atoms with Crippen LogP contribution < -0.4 is 10.6 Å². The van der Waals surface area contributed by atoms with Crippen molar-refractivity contribution in [2.24, 2.45) is 4.99 Å². The molecular formula is C19H34N4O3. The number of guanidine groups is 1. The summed E-state index contributed by atoms with van der Waals surface area (Å²) in [6.45, 7) is 1.43. The van der Waals surface area contributed by atoms with Crippen LogP contribution in [0.25, 0.3) is 0 Å². The molecule has 148 valence electrons. The van der Waals surface area contributed by atoms with E-state index in [1.165, 1.54) is 32.1 Å². The lowest BCUT2D eigenvalue weighted by atomic mass is 9.94. The van der Waals surface area contributed by atoms with Crippen molar-refractivity contribution in [2.75, 3.05) is 33.8 Å². The number of ether oxygens (including phenoxy) is 2. The van der Waals surface area contributed by atoms with Crippen LogP contribution in [-0.4, -0.2) is 68.5 Å². The summed E-state index contributed by atoms with van der Waals surface area (Å²) in [4.78, 5) is 17.9. The third-order valence-corrected chi connectivity index (χ3v) is 5.59. The molecule has 3 aliphatic rings. The van der Waals surface area contributed by atoms with Gasteiger partial charge in [-0.3, -0.25) is 4.79 Å². The Morgan fingerprint density at radius 3 is 2.58 bits per heavy atom. The summed E-state index contributed by atoms with van der Waals surface area (Å²) in [6, 6.07) is 0.446. The first-order chi connectivity index (χ1) is 12.6. The fourth-order valence-corrected chi connectivity index (χ4v) is 3.98. The highest BCUT2D eigenvalue weighted by atomic mass is 16.7. The second-order valence-electron chi connectivity index (χ2n) is 7.98. The summed E-state index contributed by atoms with van der Waals surface area (Å²) in [5, 5.41) is 6.85. The summed E-state index contributed by atoms with van der Waals surface area (Å²) in [5.41, 5.74) is 0. The van der Waals surface area contributed by atoms with Crippen molar-refractivity contribution in [2.45, 2.75) is 75.7 Å². The van der Waals surface area contributed by atoms with Crippen molar-refractivity contribution < 1.29 is 14.3 Å². The van der Waals surface area contributed by atoms with Crippen molar-refractivity contribution in [1.82, 2.24) is 15.5 Å². The second-order valence-corrected chi connectivity index (χ2v) is 7.98. The highest BCUT2D eigenvalue weighted by Gasteiger charge is 2.42. The van der Waals surface area contributed by atoms with E-state index in [1.807, 2.05) is 0 Å². The zero-order valence-corrected chi connectivity index (χ0v) is 16.3. The number of nitrogens with one attached hydrogen (secondary N) is 2. The molecule has 1 aliphatic heterocycles. The van der Waals surface area contributed by atoms with Gasteiger partial charge in [0.1, 0.15) is 12.6 Å². The number of rotatable bonds is 5. The molecule has 1 saturated heterocycles. The molecule has 2 aliphatic carbocycles. The lowest BCUT2D eigenvalue weighted by Gasteiger charge is -2.31. The average molecular weight is 367 g/mol. The zero-order chi connectivity index (χ0) is 18.4. The predicted molar refractivity (Wildman–Crippen MR) is 101 cm³/mol. The number of hydrogen-bond acceptors (Lipinski definition) is 4. The van der Waals surface area contributed by atoms with E-state index < -0.39 is 0 Å². The Hall–Kier alpha value is -1.34. The lowest BCUT2D eigenvalue weighted by Crippen LogP contribution is -2.46. The van der Waals surface area contributed by atoms with Gasteiger partial charge in [0.2, 0.25) is 5.91 Å². The molecule has 7 heteroatoms. The van der Waals surface area contributed by atoms with E-state index in [2.05, 4.69) is 15.6 Å². The first-order valence-corrected chi connectivity index (χ1v) is 10.1. The van der Waals surface area contributed by atoms with Gasteiger partial charge in [-0.1, -0.05) is 19.3 Å². The van der Waals surface area contributed by atoms with Crippen molar-refractivity contribution in [3.8, 4) is 0 Å². The number of carbonyl (C=O) groups excluding carboxylic acids is 1. The number of aliphatic imine (C=N–C) groups is 1. The smallest absolute Gasteiger partial charge is 0.243 e. The maximum Gasteiger partial charge on any atom is 0.243 e. The van der Waals surface area contributed by atoms with Crippen LogP contribution in [0.3, 0.4) is 0 Å². The van der Waals surface area contributed by atoms with Crippen molar-refractivity contribution in [3.63, 3.8) is 0 Å². The summed E-state index contributed by atoms with van der Waals surface area (Å²) < 4.78 is 12.2. The predicted octanol–water partition coefficient (Wildman–Crippen LogP) is 1.63. The minimum Gasteiger partial charge on any atom is -0.354 e. The maximum atomic E-state index is 11.9. The maximum absolute atomic E-state index is 11.9. The van der Waals surface area contributed by atoms with Crippen LogP contribution >= 0.6 is 0 Å². The van der Waals surface area contributed by atoms with Gasteiger partial charge >= 0.3 is 0 Å². The van der Waals surface area contributed by atoms with Gasteiger partial charge in [-0.15, -0.1) is 0 Å². The molecule has 1 spiro atoms. The Labute approximate surface area is 156 Å². The van der Waals surface area contributed by atoms with Gasteiger partial charge in [-0.2, -0.15) is 0 Å². The fourth-order valence-electron chi connectivity index (χ4n) is 3.98. The van der Waals surface area contributed by atoms with Crippen molar-refractivity contribution in [1.29, 1.82) is 0 Å². The Bertz CT molecular complexity index is 497. The molecule has 2 saturated carbocycles. The van der Waals surface area contributed by atoms with Gasteiger partial charge in [-0.05, 0) is 25.7 Å². The fraction of sp³-hybridized carbons (Fsp3) is 0.895. The van der Waals surface area contributed by atoms with E-state index in [4.69, 9.17) is 9.47 Å². The van der Waals surface area contributed by atoms with Gasteiger partial charge in [0.05, 0.1) is 6.61 Å². The third kappa shape index (κ3) is 5.33. The highest BCUT2D eigenvalue weighted by Crippen LogP contribution is 2.37. The Kier molecular flexibility index (Phi) is 6.75. The molecule has 0 aromatic heterocycles. The lowest BCUT2D eigenvalue weighted by molar-refractivity contribution is -0.186. The monoisotopic (exact) mass is 366 g/mol. The van der Waals surface area contributed by atoms with Gasteiger partial charge < -0.3 is 25.0 Å². The summed E-state index contributed by atoms with van der Waals surface area (Å²) in [5.74, 6) is 0.362. The first-order valence-electron chi connectivity index (χ1n) is 10.1. The second kappa shape index (κ2) is 9.04. The molecule has 3 rings (SSSR count). The summed E-state index contributed by atoms with van der Waals surface area (Å²) in [7, 11) is 3.51. The van der Waals surface area contributed by atoms with E-state index >= 15 is 0 Å². The van der Waals surface area contributed by atoms with Crippen LogP contribution in [-0.2, 0) is 14.3 Å². The molecule has 2 N–H and O–H groups in total. The molecule has 0 radical (unpaired) electrons. The zero-order valence-electron chi connectivity index (χ0n) is 16.3. The number of nitrogens with zero attached hydrogens (tertiary/aromatic N) is 2. The van der Waals surface area contributed by atoms with Crippen LogP contribution in [0.4, 0.5) is 0 Å². The molecule has 26 heavy (non-hydrogen) atoms. The van der Waals surface area contributed by atoms with E-state index in [9.17, 15) is 4.79 Å². The van der Waals surface area contributed by atoms with Crippen LogP contribution in [0, 0.1) is 0 Å². The molecule has 0 aromatic carbocycles. The quantitative estimate of drug-likeness (QED) is 0.571. The van der Waals surface area contributed by atoms with Crippen molar-refractivity contribution in [3.05, 3.63) is 0 Å². The molecule has 7 nitrogen and oxygen atoms in total. The topological polar surface area (TPSA) is 75.2 Å². The third-order valence-electron chi connectivity index (χ3n) is 5.59. The van der Waals surface area contributed by atoms with Gasteiger partial charge in [0.25, 0.3) is 0 Å². The number of carbonyl (C=O) groups is 1. The van der Waals surface area contributed by atoms with Gasteiger partial charge in [-0.25, -0.2) is 4.99 Å². The van der Waals surface area contributed by atoms with Crippen LogP contribution in [0.2, 0.25) is 0 Å². The molecule has 3 fully saturated rings. The minimum atomic E-state index is -0.346. The highest BCUT2D eigenvalue weighted by molar-refractivity contribution is 5.85. The number of hydrogen-bond donors (Lipinski definition) is 2.